The Morgan fingerprint density at radius 1 is 1.60 bits per heavy atom. The SMILES string of the molecule is CCOC(=O)C(C#N)CCC(C)[N+](=O)[O-]. The number of nitrogens with zero attached hydrogens (tertiary/aromatic N) is 2. The Hall–Kier alpha value is -1.64. The van der Waals surface area contributed by atoms with Gasteiger partial charge < -0.3 is 4.74 Å². The molecule has 2 atom stereocenters. The topological polar surface area (TPSA) is 93.2 Å². The highest BCUT2D eigenvalue weighted by molar-refractivity contribution is 5.75. The van der Waals surface area contributed by atoms with Crippen LogP contribution >= 0.6 is 0 Å². The molecular weight excluding hydrogens is 200 g/mol. The molecule has 0 aromatic rings. The summed E-state index contributed by atoms with van der Waals surface area (Å²) < 4.78 is 4.66. The lowest BCUT2D eigenvalue weighted by Gasteiger charge is -2.08. The van der Waals surface area contributed by atoms with Gasteiger partial charge in [0.2, 0.25) is 6.04 Å². The van der Waals surface area contributed by atoms with E-state index in [1.54, 1.807) is 13.0 Å². The van der Waals surface area contributed by atoms with Crippen molar-refractivity contribution in [3.05, 3.63) is 10.1 Å². The molecule has 0 amide bonds. The van der Waals surface area contributed by atoms with Gasteiger partial charge in [0.15, 0.2) is 0 Å². The number of nitro groups is 1. The zero-order chi connectivity index (χ0) is 11.8. The van der Waals surface area contributed by atoms with Crippen molar-refractivity contribution < 1.29 is 14.5 Å². The van der Waals surface area contributed by atoms with Gasteiger partial charge in [-0.25, -0.2) is 0 Å². The fraction of sp³-hybridized carbons (Fsp3) is 0.778. The molecule has 0 heterocycles. The van der Waals surface area contributed by atoms with Crippen LogP contribution in [-0.2, 0) is 9.53 Å². The second kappa shape index (κ2) is 6.76. The first kappa shape index (κ1) is 13.4. The highest BCUT2D eigenvalue weighted by Gasteiger charge is 2.22. The van der Waals surface area contributed by atoms with Crippen LogP contribution in [0, 0.1) is 27.4 Å². The van der Waals surface area contributed by atoms with Crippen LogP contribution in [0.4, 0.5) is 0 Å². The average Bonchev–Trinajstić information content (AvgIpc) is 2.18. The van der Waals surface area contributed by atoms with E-state index in [0.717, 1.165) is 0 Å². The molecule has 0 saturated heterocycles. The molecule has 6 nitrogen and oxygen atoms in total. The van der Waals surface area contributed by atoms with Crippen molar-refractivity contribution in [3.8, 4) is 6.07 Å². The summed E-state index contributed by atoms with van der Waals surface area (Å²) in [6.07, 6.45) is 0.363. The molecule has 15 heavy (non-hydrogen) atoms. The highest BCUT2D eigenvalue weighted by atomic mass is 16.6. The highest BCUT2D eigenvalue weighted by Crippen LogP contribution is 2.11. The van der Waals surface area contributed by atoms with E-state index >= 15 is 0 Å². The van der Waals surface area contributed by atoms with Gasteiger partial charge in [0.05, 0.1) is 12.7 Å². The summed E-state index contributed by atoms with van der Waals surface area (Å²) in [6.45, 7) is 3.30. The zero-order valence-electron chi connectivity index (χ0n) is 8.80. The summed E-state index contributed by atoms with van der Waals surface area (Å²) in [6, 6.07) is 1.04. The van der Waals surface area contributed by atoms with Crippen LogP contribution in [0.3, 0.4) is 0 Å². The largest absolute Gasteiger partial charge is 0.465 e. The lowest BCUT2D eigenvalue weighted by Crippen LogP contribution is -2.21. The first-order chi connectivity index (χ1) is 7.02. The van der Waals surface area contributed by atoms with Crippen LogP contribution in [0.2, 0.25) is 0 Å². The van der Waals surface area contributed by atoms with E-state index in [4.69, 9.17) is 5.26 Å². The second-order valence-electron chi connectivity index (χ2n) is 3.15. The summed E-state index contributed by atoms with van der Waals surface area (Å²) in [7, 11) is 0. The maximum absolute atomic E-state index is 11.1. The minimum atomic E-state index is -0.896. The van der Waals surface area contributed by atoms with Crippen molar-refractivity contribution in [3.63, 3.8) is 0 Å². The van der Waals surface area contributed by atoms with Crippen molar-refractivity contribution in [2.24, 2.45) is 5.92 Å². The predicted molar refractivity (Wildman–Crippen MR) is 51.4 cm³/mol. The van der Waals surface area contributed by atoms with Gasteiger partial charge in [-0.3, -0.25) is 14.9 Å². The first-order valence-electron chi connectivity index (χ1n) is 4.72. The Kier molecular flexibility index (Phi) is 6.02. The third-order valence-electron chi connectivity index (χ3n) is 1.96. The van der Waals surface area contributed by atoms with Gasteiger partial charge in [-0.2, -0.15) is 5.26 Å². The minimum Gasteiger partial charge on any atom is -0.465 e. The maximum Gasteiger partial charge on any atom is 0.323 e. The van der Waals surface area contributed by atoms with E-state index in [1.165, 1.54) is 6.92 Å². The number of esters is 1. The van der Waals surface area contributed by atoms with Crippen molar-refractivity contribution >= 4 is 5.97 Å². The monoisotopic (exact) mass is 214 g/mol. The number of rotatable bonds is 6. The Balaban J connectivity index is 4.07. The Morgan fingerprint density at radius 2 is 2.20 bits per heavy atom. The van der Waals surface area contributed by atoms with E-state index in [-0.39, 0.29) is 19.4 Å². The molecule has 0 aliphatic carbocycles. The van der Waals surface area contributed by atoms with Gasteiger partial charge >= 0.3 is 5.97 Å². The molecule has 84 valence electrons. The van der Waals surface area contributed by atoms with Crippen molar-refractivity contribution in [1.29, 1.82) is 5.26 Å². The quantitative estimate of drug-likeness (QED) is 0.375. The molecule has 0 aliphatic heterocycles. The number of carbonyl (C=O) groups is 1. The zero-order valence-corrected chi connectivity index (χ0v) is 8.80. The van der Waals surface area contributed by atoms with Gasteiger partial charge in [0, 0.05) is 18.3 Å². The summed E-state index contributed by atoms with van der Waals surface area (Å²) in [5.74, 6) is -1.50. The van der Waals surface area contributed by atoms with Crippen molar-refractivity contribution in [2.75, 3.05) is 6.61 Å². The summed E-state index contributed by atoms with van der Waals surface area (Å²) in [5, 5.41) is 19.0. The normalized spacial score (nSPS) is 13.7. The molecule has 2 unspecified atom stereocenters. The van der Waals surface area contributed by atoms with Crippen LogP contribution < -0.4 is 0 Å². The molecule has 0 aromatic carbocycles. The fourth-order valence-electron chi connectivity index (χ4n) is 0.991. The fourth-order valence-corrected chi connectivity index (χ4v) is 0.991. The predicted octanol–water partition coefficient (Wildman–Crippen LogP) is 1.13. The first-order valence-corrected chi connectivity index (χ1v) is 4.72. The molecular formula is C9H14N2O4. The summed E-state index contributed by atoms with van der Waals surface area (Å²) >= 11 is 0. The van der Waals surface area contributed by atoms with Crippen LogP contribution in [0.1, 0.15) is 26.7 Å². The molecule has 0 radical (unpaired) electrons. The van der Waals surface area contributed by atoms with Gasteiger partial charge in [-0.1, -0.05) is 0 Å². The van der Waals surface area contributed by atoms with E-state index in [9.17, 15) is 14.9 Å². The maximum atomic E-state index is 11.1. The van der Waals surface area contributed by atoms with E-state index in [2.05, 4.69) is 4.74 Å². The van der Waals surface area contributed by atoms with Gasteiger partial charge in [0.1, 0.15) is 5.92 Å². The molecule has 0 spiro atoms. The minimum absolute atomic E-state index is 0.164. The van der Waals surface area contributed by atoms with Crippen molar-refractivity contribution in [2.45, 2.75) is 32.7 Å². The van der Waals surface area contributed by atoms with E-state index < -0.39 is 22.9 Å². The molecule has 0 fully saturated rings. The lowest BCUT2D eigenvalue weighted by atomic mass is 10.0. The van der Waals surface area contributed by atoms with Gasteiger partial charge in [-0.15, -0.1) is 0 Å². The molecule has 0 aromatic heterocycles. The third-order valence-corrected chi connectivity index (χ3v) is 1.96. The Labute approximate surface area is 88.0 Å². The van der Waals surface area contributed by atoms with Crippen LogP contribution in [0.15, 0.2) is 0 Å². The van der Waals surface area contributed by atoms with Crippen molar-refractivity contribution in [1.82, 2.24) is 0 Å². The summed E-state index contributed by atoms with van der Waals surface area (Å²) in [4.78, 5) is 21.0. The number of nitriles is 1. The standard InChI is InChI=1S/C9H14N2O4/c1-3-15-9(12)8(6-10)5-4-7(2)11(13)14/h7-8H,3-5H2,1-2H3. The van der Waals surface area contributed by atoms with Crippen LogP contribution in [0.5, 0.6) is 0 Å². The van der Waals surface area contributed by atoms with Crippen LogP contribution in [0.25, 0.3) is 0 Å². The Bertz CT molecular complexity index is 272. The van der Waals surface area contributed by atoms with E-state index in [1.807, 2.05) is 0 Å². The Morgan fingerprint density at radius 3 is 2.60 bits per heavy atom. The number of ether oxygens (including phenoxy) is 1. The smallest absolute Gasteiger partial charge is 0.323 e. The van der Waals surface area contributed by atoms with Gasteiger partial charge in [0.25, 0.3) is 0 Å². The molecule has 6 heteroatoms. The van der Waals surface area contributed by atoms with Crippen LogP contribution in [-0.4, -0.2) is 23.5 Å². The van der Waals surface area contributed by atoms with E-state index in [0.29, 0.717) is 0 Å². The average molecular weight is 214 g/mol. The number of hydrogen-bond donors (Lipinski definition) is 0. The number of carbonyl (C=O) groups excluding carboxylic acids is 1. The third kappa shape index (κ3) is 4.96. The molecule has 0 rings (SSSR count). The number of hydrogen-bond acceptors (Lipinski definition) is 5. The van der Waals surface area contributed by atoms with Gasteiger partial charge in [-0.05, 0) is 13.3 Å². The molecule has 0 saturated carbocycles. The lowest BCUT2D eigenvalue weighted by molar-refractivity contribution is -0.519. The summed E-state index contributed by atoms with van der Waals surface area (Å²) in [5.41, 5.74) is 0. The molecule has 0 bridgehead atoms. The second-order valence-corrected chi connectivity index (χ2v) is 3.15. The molecule has 0 N–H and O–H groups in total. The molecule has 0 aliphatic rings.